The highest BCUT2D eigenvalue weighted by molar-refractivity contribution is 7.97. The van der Waals surface area contributed by atoms with Crippen LogP contribution in [-0.2, 0) is 15.7 Å². The molecular formula is C10H19OS+. The van der Waals surface area contributed by atoms with E-state index in [0.717, 1.165) is 18.6 Å². The molecule has 0 aromatic heterocycles. The molecule has 0 radical (unpaired) electrons. The number of Topliss-reactive ketones (excluding diaryl/α,β-unsaturated/α-hetero) is 1. The lowest BCUT2D eigenvalue weighted by molar-refractivity contribution is -0.116. The summed E-state index contributed by atoms with van der Waals surface area (Å²) in [7, 11) is 0.474. The van der Waals surface area contributed by atoms with Crippen molar-refractivity contribution in [3.05, 3.63) is 0 Å². The Morgan fingerprint density at radius 2 is 1.92 bits per heavy atom. The zero-order valence-electron chi connectivity index (χ0n) is 7.97. The lowest BCUT2D eigenvalue weighted by atomic mass is 10.2. The van der Waals surface area contributed by atoms with E-state index in [1.54, 1.807) is 0 Å². The van der Waals surface area contributed by atoms with Crippen molar-refractivity contribution in [2.24, 2.45) is 0 Å². The van der Waals surface area contributed by atoms with Crippen molar-refractivity contribution in [3.63, 3.8) is 0 Å². The summed E-state index contributed by atoms with van der Waals surface area (Å²) in [4.78, 5) is 11.3. The van der Waals surface area contributed by atoms with Crippen molar-refractivity contribution < 1.29 is 4.79 Å². The fourth-order valence-electron chi connectivity index (χ4n) is 1.61. The van der Waals surface area contributed by atoms with E-state index >= 15 is 0 Å². The average Bonchev–Trinajstić information content (AvgIpc) is 2.06. The molecule has 0 spiro atoms. The fraction of sp³-hybridized carbons (Fsp3) is 0.900. The molecule has 70 valence electrons. The Kier molecular flexibility index (Phi) is 4.74. The second-order valence-electron chi connectivity index (χ2n) is 3.51. The van der Waals surface area contributed by atoms with E-state index in [9.17, 15) is 4.79 Å². The molecule has 1 aliphatic rings. The van der Waals surface area contributed by atoms with Crippen molar-refractivity contribution in [2.45, 2.75) is 39.0 Å². The molecule has 0 saturated carbocycles. The molecule has 1 rings (SSSR count). The van der Waals surface area contributed by atoms with Gasteiger partial charge in [0, 0.05) is 6.42 Å². The Morgan fingerprint density at radius 1 is 1.25 bits per heavy atom. The Morgan fingerprint density at radius 3 is 2.50 bits per heavy atom. The number of carbonyl (C=O) groups excluding carboxylic acids is 1. The number of hydrogen-bond acceptors (Lipinski definition) is 1. The van der Waals surface area contributed by atoms with Crippen LogP contribution in [0.5, 0.6) is 0 Å². The number of ketones is 1. The minimum atomic E-state index is 0.474. The van der Waals surface area contributed by atoms with Crippen LogP contribution in [0.2, 0.25) is 0 Å². The van der Waals surface area contributed by atoms with E-state index in [1.165, 1.54) is 30.8 Å². The third kappa shape index (κ3) is 3.61. The van der Waals surface area contributed by atoms with Gasteiger partial charge in [-0.2, -0.15) is 0 Å². The molecule has 0 aromatic rings. The third-order valence-electron chi connectivity index (χ3n) is 2.26. The van der Waals surface area contributed by atoms with Crippen LogP contribution in [0, 0.1) is 0 Å². The monoisotopic (exact) mass is 187 g/mol. The molecule has 1 aliphatic heterocycles. The van der Waals surface area contributed by atoms with Gasteiger partial charge in [-0.05, 0) is 36.6 Å². The second kappa shape index (κ2) is 5.63. The third-order valence-corrected chi connectivity index (χ3v) is 4.72. The van der Waals surface area contributed by atoms with Gasteiger partial charge in [0.05, 0.1) is 0 Å². The molecule has 0 atom stereocenters. The van der Waals surface area contributed by atoms with Crippen LogP contribution in [0.4, 0.5) is 0 Å². The summed E-state index contributed by atoms with van der Waals surface area (Å²) in [5.74, 6) is 4.06. The zero-order valence-corrected chi connectivity index (χ0v) is 8.79. The first kappa shape index (κ1) is 10.1. The summed E-state index contributed by atoms with van der Waals surface area (Å²) in [5, 5.41) is 0. The summed E-state index contributed by atoms with van der Waals surface area (Å²) in [6, 6.07) is 0. The van der Waals surface area contributed by atoms with E-state index in [2.05, 4.69) is 6.92 Å². The molecule has 1 saturated heterocycles. The van der Waals surface area contributed by atoms with Crippen LogP contribution in [0.25, 0.3) is 0 Å². The minimum Gasteiger partial charge on any atom is -0.294 e. The van der Waals surface area contributed by atoms with Gasteiger partial charge in [-0.3, -0.25) is 4.79 Å². The summed E-state index contributed by atoms with van der Waals surface area (Å²) >= 11 is 0. The quantitative estimate of drug-likeness (QED) is 0.616. The molecule has 0 N–H and O–H groups in total. The van der Waals surface area contributed by atoms with Gasteiger partial charge < -0.3 is 0 Å². The fourth-order valence-corrected chi connectivity index (χ4v) is 3.93. The zero-order chi connectivity index (χ0) is 8.81. The Bertz CT molecular complexity index is 139. The first-order valence-electron chi connectivity index (χ1n) is 4.98. The van der Waals surface area contributed by atoms with Crippen LogP contribution in [0.3, 0.4) is 0 Å². The maximum atomic E-state index is 11.3. The van der Waals surface area contributed by atoms with E-state index in [0.29, 0.717) is 16.7 Å². The molecule has 0 amide bonds. The van der Waals surface area contributed by atoms with Gasteiger partial charge in [-0.1, -0.05) is 6.92 Å². The molecule has 0 aliphatic carbocycles. The summed E-state index contributed by atoms with van der Waals surface area (Å²) in [6.07, 6.45) is 5.95. The van der Waals surface area contributed by atoms with Crippen LogP contribution in [0.1, 0.15) is 39.0 Å². The maximum Gasteiger partial charge on any atom is 0.181 e. The Balaban J connectivity index is 2.15. The molecule has 1 nitrogen and oxygen atoms in total. The van der Waals surface area contributed by atoms with E-state index in [1.807, 2.05) is 0 Å². The Hall–Kier alpha value is 0.0200. The number of hydrogen-bond donors (Lipinski definition) is 0. The molecule has 0 bridgehead atoms. The van der Waals surface area contributed by atoms with Crippen molar-refractivity contribution in [1.29, 1.82) is 0 Å². The van der Waals surface area contributed by atoms with Crippen LogP contribution < -0.4 is 0 Å². The average molecular weight is 187 g/mol. The molecular weight excluding hydrogens is 168 g/mol. The van der Waals surface area contributed by atoms with Gasteiger partial charge in [0.15, 0.2) is 11.5 Å². The molecule has 0 aromatic carbocycles. The molecule has 12 heavy (non-hydrogen) atoms. The molecule has 2 heteroatoms. The van der Waals surface area contributed by atoms with Gasteiger partial charge in [0.25, 0.3) is 0 Å². The maximum absolute atomic E-state index is 11.3. The summed E-state index contributed by atoms with van der Waals surface area (Å²) < 4.78 is 0. The SMILES string of the molecule is CCCC(=O)C[S+]1CCCCC1. The Labute approximate surface area is 78.3 Å². The predicted octanol–water partition coefficient (Wildman–Crippen LogP) is 2.16. The first-order chi connectivity index (χ1) is 5.83. The van der Waals surface area contributed by atoms with Crippen molar-refractivity contribution in [3.8, 4) is 0 Å². The lowest BCUT2D eigenvalue weighted by Crippen LogP contribution is -2.25. The van der Waals surface area contributed by atoms with E-state index in [-0.39, 0.29) is 0 Å². The van der Waals surface area contributed by atoms with Gasteiger partial charge in [-0.25, -0.2) is 0 Å². The van der Waals surface area contributed by atoms with Crippen LogP contribution in [-0.4, -0.2) is 23.0 Å². The summed E-state index contributed by atoms with van der Waals surface area (Å²) in [5.41, 5.74) is 0. The normalized spacial score (nSPS) is 19.4. The van der Waals surface area contributed by atoms with Gasteiger partial charge in [0.2, 0.25) is 0 Å². The minimum absolute atomic E-state index is 0.474. The molecule has 1 fully saturated rings. The first-order valence-corrected chi connectivity index (χ1v) is 6.72. The van der Waals surface area contributed by atoms with Crippen LogP contribution in [0.15, 0.2) is 0 Å². The molecule has 0 unspecified atom stereocenters. The highest BCUT2D eigenvalue weighted by Gasteiger charge is 2.24. The van der Waals surface area contributed by atoms with Crippen molar-refractivity contribution in [1.82, 2.24) is 0 Å². The van der Waals surface area contributed by atoms with Gasteiger partial charge >= 0.3 is 0 Å². The largest absolute Gasteiger partial charge is 0.294 e. The van der Waals surface area contributed by atoms with Crippen molar-refractivity contribution >= 4 is 16.7 Å². The van der Waals surface area contributed by atoms with Crippen molar-refractivity contribution in [2.75, 3.05) is 17.3 Å². The standard InChI is InChI=1S/C10H19OS/c1-2-6-10(11)9-12-7-4-3-5-8-12/h2-9H2,1H3/q+1. The molecule has 1 heterocycles. The smallest absolute Gasteiger partial charge is 0.181 e. The lowest BCUT2D eigenvalue weighted by Gasteiger charge is -2.12. The summed E-state index contributed by atoms with van der Waals surface area (Å²) in [6.45, 7) is 2.09. The highest BCUT2D eigenvalue weighted by Crippen LogP contribution is 2.14. The number of rotatable bonds is 4. The highest BCUT2D eigenvalue weighted by atomic mass is 32.2. The predicted molar refractivity (Wildman–Crippen MR) is 55.7 cm³/mol. The van der Waals surface area contributed by atoms with Gasteiger partial charge in [-0.15, -0.1) is 0 Å². The topological polar surface area (TPSA) is 17.1 Å². The second-order valence-corrected chi connectivity index (χ2v) is 5.84. The van der Waals surface area contributed by atoms with Crippen LogP contribution >= 0.6 is 0 Å². The van der Waals surface area contributed by atoms with Gasteiger partial charge in [0.1, 0.15) is 11.5 Å². The van der Waals surface area contributed by atoms with E-state index < -0.39 is 0 Å². The van der Waals surface area contributed by atoms with E-state index in [4.69, 9.17) is 0 Å². The number of carbonyl (C=O) groups is 1.